The number of anilines is 1. The Balaban J connectivity index is 1.12. The van der Waals surface area contributed by atoms with Gasteiger partial charge in [-0.05, 0) is 72.5 Å². The predicted molar refractivity (Wildman–Crippen MR) is 152 cm³/mol. The minimum atomic E-state index is -0.633. The zero-order chi connectivity index (χ0) is 27.3. The second-order valence-corrected chi connectivity index (χ2v) is 11.3. The number of hydrogen-bond donors (Lipinski definition) is 1. The average Bonchev–Trinajstić information content (AvgIpc) is 3.66. The summed E-state index contributed by atoms with van der Waals surface area (Å²) in [4.78, 5) is 20.9. The fourth-order valence-electron chi connectivity index (χ4n) is 7.07. The number of nitrogens with zero attached hydrogens (tertiary/aromatic N) is 6. The van der Waals surface area contributed by atoms with Crippen LogP contribution in [-0.2, 0) is 24.3 Å². The van der Waals surface area contributed by atoms with Crippen LogP contribution in [0, 0.1) is 5.82 Å². The molecule has 2 fully saturated rings. The number of amides is 1. The van der Waals surface area contributed by atoms with Crippen molar-refractivity contribution in [2.24, 2.45) is 0 Å². The first-order valence-electron chi connectivity index (χ1n) is 14.2. The molecule has 7 rings (SSSR count). The van der Waals surface area contributed by atoms with Crippen molar-refractivity contribution in [1.82, 2.24) is 30.1 Å². The lowest BCUT2D eigenvalue weighted by atomic mass is 9.84. The SMILES string of the molecule is CNCc1cn(CCN2CN(c3ccc(F)cc3)C3(CCN([C@H]4Cc5cccc6cccc4c56)CC3)C2=O)nn1. The summed E-state index contributed by atoms with van der Waals surface area (Å²) in [5.41, 5.74) is 3.95. The van der Waals surface area contributed by atoms with Crippen molar-refractivity contribution >= 4 is 22.4 Å². The van der Waals surface area contributed by atoms with Crippen molar-refractivity contribution in [2.45, 2.75) is 43.9 Å². The average molecular weight is 540 g/mol. The van der Waals surface area contributed by atoms with Crippen molar-refractivity contribution in [1.29, 1.82) is 0 Å². The Morgan fingerprint density at radius 3 is 2.58 bits per heavy atom. The number of aromatic nitrogens is 3. The molecule has 1 atom stereocenters. The van der Waals surface area contributed by atoms with Crippen LogP contribution in [0.3, 0.4) is 0 Å². The molecular formula is C31H34FN7O. The molecule has 3 heterocycles. The molecule has 3 aliphatic rings. The number of carbonyl (C=O) groups is 1. The molecule has 40 heavy (non-hydrogen) atoms. The smallest absolute Gasteiger partial charge is 0.250 e. The van der Waals surface area contributed by atoms with Crippen LogP contribution in [-0.4, -0.2) is 69.6 Å². The van der Waals surface area contributed by atoms with Gasteiger partial charge in [-0.1, -0.05) is 41.6 Å². The van der Waals surface area contributed by atoms with Crippen LogP contribution in [0.15, 0.2) is 66.9 Å². The fourth-order valence-corrected chi connectivity index (χ4v) is 7.07. The maximum absolute atomic E-state index is 14.2. The van der Waals surface area contributed by atoms with Gasteiger partial charge in [-0.3, -0.25) is 14.4 Å². The lowest BCUT2D eigenvalue weighted by Gasteiger charge is -2.45. The van der Waals surface area contributed by atoms with E-state index in [4.69, 9.17) is 0 Å². The molecule has 206 valence electrons. The Labute approximate surface area is 233 Å². The Bertz CT molecular complexity index is 1540. The molecule has 2 aliphatic heterocycles. The first kappa shape index (κ1) is 25.2. The van der Waals surface area contributed by atoms with Gasteiger partial charge in [-0.15, -0.1) is 5.10 Å². The van der Waals surface area contributed by atoms with E-state index in [0.717, 1.165) is 43.7 Å². The lowest BCUT2D eigenvalue weighted by Crippen LogP contribution is -2.57. The Kier molecular flexibility index (Phi) is 6.28. The van der Waals surface area contributed by atoms with E-state index in [0.29, 0.717) is 32.3 Å². The maximum Gasteiger partial charge on any atom is 0.250 e. The van der Waals surface area contributed by atoms with E-state index in [1.807, 2.05) is 18.1 Å². The summed E-state index contributed by atoms with van der Waals surface area (Å²) in [5, 5.41) is 14.2. The molecule has 2 saturated heterocycles. The molecule has 1 aromatic heterocycles. The summed E-state index contributed by atoms with van der Waals surface area (Å²) in [7, 11) is 1.88. The minimum absolute atomic E-state index is 0.156. The number of rotatable bonds is 7. The number of halogens is 1. The van der Waals surface area contributed by atoms with E-state index in [2.05, 4.69) is 61.8 Å². The van der Waals surface area contributed by atoms with E-state index in [9.17, 15) is 9.18 Å². The normalized spacial score (nSPS) is 20.4. The molecule has 3 aromatic carbocycles. The number of nitrogens with one attached hydrogen (secondary N) is 1. The van der Waals surface area contributed by atoms with Crippen LogP contribution in [0.2, 0.25) is 0 Å². The van der Waals surface area contributed by atoms with Crippen LogP contribution in [0.1, 0.15) is 35.7 Å². The van der Waals surface area contributed by atoms with Crippen LogP contribution >= 0.6 is 0 Å². The monoisotopic (exact) mass is 539 g/mol. The Morgan fingerprint density at radius 2 is 1.80 bits per heavy atom. The summed E-state index contributed by atoms with van der Waals surface area (Å²) in [6.07, 6.45) is 4.40. The van der Waals surface area contributed by atoms with E-state index < -0.39 is 5.54 Å². The summed E-state index contributed by atoms with van der Waals surface area (Å²) in [5.74, 6) is -0.114. The summed E-state index contributed by atoms with van der Waals surface area (Å²) in [6, 6.07) is 20.2. The molecule has 0 saturated carbocycles. The van der Waals surface area contributed by atoms with E-state index in [1.54, 1.807) is 16.8 Å². The molecular weight excluding hydrogens is 505 g/mol. The third kappa shape index (κ3) is 4.15. The topological polar surface area (TPSA) is 69.5 Å². The van der Waals surface area contributed by atoms with Gasteiger partial charge in [0.15, 0.2) is 0 Å². The standard InChI is InChI=1S/C31H34FN7O/c1-33-19-25-20-38(35-34-25)17-16-37-21-39(26-10-8-24(32)9-11-26)31(30(37)40)12-14-36(15-13-31)28-18-23-6-2-4-22-5-3-7-27(28)29(22)23/h2-11,20,28,33H,12-19,21H2,1H3/t28-/m0/s1. The molecule has 0 radical (unpaired) electrons. The van der Waals surface area contributed by atoms with Gasteiger partial charge >= 0.3 is 0 Å². The van der Waals surface area contributed by atoms with Crippen LogP contribution in [0.5, 0.6) is 0 Å². The number of benzene rings is 3. The highest BCUT2D eigenvalue weighted by molar-refractivity contribution is 5.94. The minimum Gasteiger partial charge on any atom is -0.339 e. The van der Waals surface area contributed by atoms with Crippen molar-refractivity contribution in [3.8, 4) is 0 Å². The highest BCUT2D eigenvalue weighted by atomic mass is 19.1. The van der Waals surface area contributed by atoms with Gasteiger partial charge in [0.2, 0.25) is 5.91 Å². The highest BCUT2D eigenvalue weighted by Crippen LogP contribution is 2.45. The molecule has 0 unspecified atom stereocenters. The van der Waals surface area contributed by atoms with Gasteiger partial charge < -0.3 is 15.1 Å². The van der Waals surface area contributed by atoms with Gasteiger partial charge in [0.1, 0.15) is 11.4 Å². The second kappa shape index (κ2) is 9.98. The summed E-state index contributed by atoms with van der Waals surface area (Å²) < 4.78 is 15.6. The number of hydrogen-bond acceptors (Lipinski definition) is 6. The molecule has 1 aliphatic carbocycles. The van der Waals surface area contributed by atoms with Gasteiger partial charge in [-0.2, -0.15) is 0 Å². The van der Waals surface area contributed by atoms with Gasteiger partial charge in [0, 0.05) is 44.1 Å². The lowest BCUT2D eigenvalue weighted by molar-refractivity contribution is -0.134. The molecule has 8 nitrogen and oxygen atoms in total. The van der Waals surface area contributed by atoms with E-state index in [1.165, 1.54) is 34.0 Å². The largest absolute Gasteiger partial charge is 0.339 e. The predicted octanol–water partition coefficient (Wildman–Crippen LogP) is 3.73. The van der Waals surface area contributed by atoms with E-state index in [-0.39, 0.29) is 11.7 Å². The number of likely N-dealkylation sites (tertiary alicyclic amines) is 1. The van der Waals surface area contributed by atoms with Crippen LogP contribution in [0.4, 0.5) is 10.1 Å². The molecule has 0 bridgehead atoms. The third-order valence-corrected chi connectivity index (χ3v) is 9.06. The Morgan fingerprint density at radius 1 is 1.02 bits per heavy atom. The maximum atomic E-state index is 14.2. The van der Waals surface area contributed by atoms with Crippen LogP contribution in [0.25, 0.3) is 10.8 Å². The number of carbonyl (C=O) groups excluding carboxylic acids is 1. The quantitative estimate of drug-likeness (QED) is 0.386. The van der Waals surface area contributed by atoms with Gasteiger partial charge in [0.25, 0.3) is 0 Å². The van der Waals surface area contributed by atoms with Crippen molar-refractivity contribution in [2.75, 3.05) is 38.3 Å². The first-order valence-corrected chi connectivity index (χ1v) is 14.2. The number of piperidine rings is 1. The molecule has 1 spiro atoms. The molecule has 4 aromatic rings. The van der Waals surface area contributed by atoms with Crippen molar-refractivity contribution in [3.05, 3.63) is 89.5 Å². The first-order chi connectivity index (χ1) is 19.6. The Hall–Kier alpha value is -3.82. The molecule has 1 N–H and O–H groups in total. The summed E-state index contributed by atoms with van der Waals surface area (Å²) in [6.45, 7) is 3.93. The summed E-state index contributed by atoms with van der Waals surface area (Å²) >= 11 is 0. The second-order valence-electron chi connectivity index (χ2n) is 11.3. The fraction of sp³-hybridized carbons (Fsp3) is 0.387. The third-order valence-electron chi connectivity index (χ3n) is 9.06. The zero-order valence-corrected chi connectivity index (χ0v) is 22.8. The van der Waals surface area contributed by atoms with Crippen LogP contribution < -0.4 is 10.2 Å². The van der Waals surface area contributed by atoms with E-state index >= 15 is 0 Å². The van der Waals surface area contributed by atoms with Gasteiger partial charge in [0.05, 0.1) is 18.9 Å². The van der Waals surface area contributed by atoms with Crippen molar-refractivity contribution < 1.29 is 9.18 Å². The van der Waals surface area contributed by atoms with Gasteiger partial charge in [-0.25, -0.2) is 4.39 Å². The zero-order valence-electron chi connectivity index (χ0n) is 22.8. The van der Waals surface area contributed by atoms with Crippen molar-refractivity contribution in [3.63, 3.8) is 0 Å². The molecule has 9 heteroatoms. The molecule has 1 amide bonds. The highest BCUT2D eigenvalue weighted by Gasteiger charge is 2.54.